The van der Waals surface area contributed by atoms with E-state index < -0.39 is 0 Å². The Hall–Kier alpha value is -1.06. The molecule has 0 unspecified atom stereocenters. The molecule has 1 aromatic carbocycles. The van der Waals surface area contributed by atoms with Crippen molar-refractivity contribution in [2.24, 2.45) is 11.5 Å². The molecule has 0 spiro atoms. The molecule has 0 amide bonds. The lowest BCUT2D eigenvalue weighted by Crippen LogP contribution is -2.20. The Morgan fingerprint density at radius 3 is 2.05 bits per heavy atom. The quantitative estimate of drug-likeness (QED) is 0.792. The molecule has 0 fully saturated rings. The molecule has 1 atom stereocenters. The van der Waals surface area contributed by atoms with Crippen LogP contribution in [0.5, 0.6) is 5.75 Å². The number of hydrogen-bond donors (Lipinski definition) is 3. The highest BCUT2D eigenvalue weighted by Crippen LogP contribution is 2.40. The van der Waals surface area contributed by atoms with E-state index in [1.54, 1.807) is 0 Å². The minimum atomic E-state index is -0.169. The zero-order chi connectivity index (χ0) is 16.4. The Morgan fingerprint density at radius 2 is 1.62 bits per heavy atom. The van der Waals surface area contributed by atoms with Crippen LogP contribution in [0.4, 0.5) is 0 Å². The van der Waals surface area contributed by atoms with Gasteiger partial charge in [-0.2, -0.15) is 0 Å². The highest BCUT2D eigenvalue weighted by atomic mass is 16.3. The Labute approximate surface area is 129 Å². The first-order chi connectivity index (χ1) is 9.48. The van der Waals surface area contributed by atoms with Gasteiger partial charge in [0.2, 0.25) is 0 Å². The number of phenols is 1. The topological polar surface area (TPSA) is 72.3 Å². The van der Waals surface area contributed by atoms with Gasteiger partial charge in [0.15, 0.2) is 0 Å². The van der Waals surface area contributed by atoms with Crippen molar-refractivity contribution in [2.45, 2.75) is 71.3 Å². The van der Waals surface area contributed by atoms with Gasteiger partial charge in [0.05, 0.1) is 0 Å². The van der Waals surface area contributed by atoms with Gasteiger partial charge >= 0.3 is 0 Å². The molecule has 0 aliphatic heterocycles. The lowest BCUT2D eigenvalue weighted by atomic mass is 9.78. The number of nitrogens with two attached hydrogens (primary N) is 2. The molecule has 3 heteroatoms. The molecule has 1 aromatic rings. The van der Waals surface area contributed by atoms with Crippen molar-refractivity contribution in [2.75, 3.05) is 6.54 Å². The largest absolute Gasteiger partial charge is 0.507 e. The summed E-state index contributed by atoms with van der Waals surface area (Å²) in [5, 5.41) is 10.7. The maximum absolute atomic E-state index is 10.7. The van der Waals surface area contributed by atoms with Crippen LogP contribution in [-0.4, -0.2) is 11.7 Å². The van der Waals surface area contributed by atoms with E-state index in [0.29, 0.717) is 12.3 Å². The number of rotatable bonds is 4. The van der Waals surface area contributed by atoms with Crippen LogP contribution in [0.1, 0.15) is 77.1 Å². The predicted molar refractivity (Wildman–Crippen MR) is 90.7 cm³/mol. The van der Waals surface area contributed by atoms with Crippen molar-refractivity contribution >= 4 is 0 Å². The smallest absolute Gasteiger partial charge is 0.124 e. The van der Waals surface area contributed by atoms with Gasteiger partial charge in [-0.15, -0.1) is 0 Å². The van der Waals surface area contributed by atoms with E-state index in [0.717, 1.165) is 24.0 Å². The summed E-state index contributed by atoms with van der Waals surface area (Å²) in [4.78, 5) is 0. The van der Waals surface area contributed by atoms with Gasteiger partial charge in [0.1, 0.15) is 5.75 Å². The molecule has 1 rings (SSSR count). The highest BCUT2D eigenvalue weighted by molar-refractivity contribution is 5.49. The molecular weight excluding hydrogens is 260 g/mol. The first-order valence-corrected chi connectivity index (χ1v) is 7.82. The number of phenolic OH excluding ortho intramolecular Hbond substituents is 1. The van der Waals surface area contributed by atoms with Crippen LogP contribution < -0.4 is 11.5 Å². The Bertz CT molecular complexity index is 481. The Morgan fingerprint density at radius 1 is 1.05 bits per heavy atom. The van der Waals surface area contributed by atoms with Crippen LogP contribution in [0.2, 0.25) is 0 Å². The molecule has 21 heavy (non-hydrogen) atoms. The molecule has 0 radical (unpaired) electrons. The molecule has 3 nitrogen and oxygen atoms in total. The molecule has 0 heterocycles. The van der Waals surface area contributed by atoms with E-state index in [1.807, 2.05) is 0 Å². The van der Waals surface area contributed by atoms with Crippen molar-refractivity contribution in [3.8, 4) is 5.75 Å². The lowest BCUT2D eigenvalue weighted by molar-refractivity contribution is 0.429. The predicted octanol–water partition coefficient (Wildman–Crippen LogP) is 3.73. The lowest BCUT2D eigenvalue weighted by Gasteiger charge is -2.29. The van der Waals surface area contributed by atoms with Gasteiger partial charge in [0, 0.05) is 11.6 Å². The van der Waals surface area contributed by atoms with Crippen molar-refractivity contribution in [3.05, 3.63) is 28.8 Å². The maximum atomic E-state index is 10.7. The summed E-state index contributed by atoms with van der Waals surface area (Å²) >= 11 is 0. The summed E-state index contributed by atoms with van der Waals surface area (Å²) in [6.45, 7) is 13.5. The van der Waals surface area contributed by atoms with E-state index in [9.17, 15) is 5.11 Å². The first kappa shape index (κ1) is 18.0. The van der Waals surface area contributed by atoms with E-state index in [2.05, 4.69) is 53.7 Å². The minimum absolute atomic E-state index is 0.0238. The monoisotopic (exact) mass is 292 g/mol. The second-order valence-electron chi connectivity index (χ2n) is 8.00. The average Bonchev–Trinajstić information content (AvgIpc) is 2.33. The van der Waals surface area contributed by atoms with Crippen LogP contribution in [-0.2, 0) is 10.8 Å². The van der Waals surface area contributed by atoms with Gasteiger partial charge in [-0.25, -0.2) is 0 Å². The van der Waals surface area contributed by atoms with E-state index in [-0.39, 0.29) is 16.9 Å². The minimum Gasteiger partial charge on any atom is -0.507 e. The number of hydrogen-bond acceptors (Lipinski definition) is 3. The Balaban J connectivity index is 3.42. The van der Waals surface area contributed by atoms with Crippen LogP contribution >= 0.6 is 0 Å². The van der Waals surface area contributed by atoms with Gasteiger partial charge < -0.3 is 16.6 Å². The van der Waals surface area contributed by atoms with Gasteiger partial charge in [0.25, 0.3) is 0 Å². The molecule has 0 saturated carbocycles. The summed E-state index contributed by atoms with van der Waals surface area (Å²) < 4.78 is 0. The summed E-state index contributed by atoms with van der Waals surface area (Å²) in [6.07, 6.45) is 1.66. The SMILES string of the molecule is CC(C)(C)c1cc([C@H](N)CCCN)c(O)c(C(C)(C)C)c1. The fourth-order valence-electron chi connectivity index (χ4n) is 2.44. The summed E-state index contributed by atoms with van der Waals surface area (Å²) in [5.41, 5.74) is 14.8. The summed E-state index contributed by atoms with van der Waals surface area (Å²) in [6, 6.07) is 4.01. The second kappa shape index (κ2) is 6.37. The highest BCUT2D eigenvalue weighted by Gasteiger charge is 2.26. The standard InChI is InChI=1S/C18H32N2O/c1-17(2,3)12-10-13(15(20)8-7-9-19)16(21)14(11-12)18(4,5)6/h10-11,15,21H,7-9,19-20H2,1-6H3/t15-/m1/s1. The van der Waals surface area contributed by atoms with E-state index in [4.69, 9.17) is 11.5 Å². The number of aromatic hydroxyl groups is 1. The van der Waals surface area contributed by atoms with Gasteiger partial charge in [-0.1, -0.05) is 47.6 Å². The molecule has 0 aliphatic rings. The van der Waals surface area contributed by atoms with Crippen molar-refractivity contribution in [1.82, 2.24) is 0 Å². The Kier molecular flexibility index (Phi) is 5.46. The average molecular weight is 292 g/mol. The fraction of sp³-hybridized carbons (Fsp3) is 0.667. The number of benzene rings is 1. The van der Waals surface area contributed by atoms with Crippen molar-refractivity contribution in [3.63, 3.8) is 0 Å². The van der Waals surface area contributed by atoms with Crippen LogP contribution in [0.25, 0.3) is 0 Å². The molecule has 0 saturated heterocycles. The third-order valence-corrected chi connectivity index (χ3v) is 3.93. The molecule has 120 valence electrons. The van der Waals surface area contributed by atoms with Crippen LogP contribution in [0, 0.1) is 0 Å². The van der Waals surface area contributed by atoms with Crippen molar-refractivity contribution in [1.29, 1.82) is 0 Å². The van der Waals surface area contributed by atoms with Gasteiger partial charge in [-0.05, 0) is 47.4 Å². The third kappa shape index (κ3) is 4.45. The fourth-order valence-corrected chi connectivity index (χ4v) is 2.44. The first-order valence-electron chi connectivity index (χ1n) is 7.82. The van der Waals surface area contributed by atoms with Gasteiger partial charge in [-0.3, -0.25) is 0 Å². The van der Waals surface area contributed by atoms with E-state index in [1.165, 1.54) is 5.56 Å². The summed E-state index contributed by atoms with van der Waals surface area (Å²) in [7, 11) is 0. The molecular formula is C18H32N2O. The normalized spacial score (nSPS) is 14.3. The van der Waals surface area contributed by atoms with Crippen molar-refractivity contribution < 1.29 is 5.11 Å². The zero-order valence-electron chi connectivity index (χ0n) is 14.5. The molecule has 0 bridgehead atoms. The zero-order valence-corrected chi connectivity index (χ0v) is 14.5. The van der Waals surface area contributed by atoms with Crippen LogP contribution in [0.15, 0.2) is 12.1 Å². The van der Waals surface area contributed by atoms with E-state index >= 15 is 0 Å². The molecule has 0 aliphatic carbocycles. The maximum Gasteiger partial charge on any atom is 0.124 e. The molecule has 0 aromatic heterocycles. The third-order valence-electron chi connectivity index (χ3n) is 3.93. The molecule has 5 N–H and O–H groups in total. The summed E-state index contributed by atoms with van der Waals surface area (Å²) in [5.74, 6) is 0.347. The second-order valence-corrected chi connectivity index (χ2v) is 8.00. The van der Waals surface area contributed by atoms with Crippen LogP contribution in [0.3, 0.4) is 0 Å².